The highest BCUT2D eigenvalue weighted by Gasteiger charge is 2.22. The van der Waals surface area contributed by atoms with Crippen LogP contribution in [0.5, 0.6) is 0 Å². The molecule has 1 aliphatic heterocycles. The van der Waals surface area contributed by atoms with Gasteiger partial charge in [0.25, 0.3) is 5.56 Å². The van der Waals surface area contributed by atoms with Gasteiger partial charge in [0, 0.05) is 42.8 Å². The average Bonchev–Trinajstić information content (AvgIpc) is 2.72. The zero-order valence-electron chi connectivity index (χ0n) is 15.7. The first-order valence-electron chi connectivity index (χ1n) is 9.39. The quantitative estimate of drug-likeness (QED) is 0.602. The van der Waals surface area contributed by atoms with E-state index in [1.807, 2.05) is 12.1 Å². The van der Waals surface area contributed by atoms with Crippen molar-refractivity contribution in [2.45, 2.75) is 13.1 Å². The zero-order chi connectivity index (χ0) is 20.4. The summed E-state index contributed by atoms with van der Waals surface area (Å²) in [4.78, 5) is 33.5. The lowest BCUT2D eigenvalue weighted by Gasteiger charge is -2.34. The van der Waals surface area contributed by atoms with E-state index in [2.05, 4.69) is 25.8 Å². The zero-order valence-corrected chi connectivity index (χ0v) is 17.3. The van der Waals surface area contributed by atoms with Crippen molar-refractivity contribution >= 4 is 32.7 Å². The SMILES string of the molecule is O=C(Cn1cnc2ccc(Br)cc2c1=O)N1CCN(Cc2ccccc2F)CC1. The second-order valence-corrected chi connectivity index (χ2v) is 8.00. The minimum absolute atomic E-state index is 0.0401. The summed E-state index contributed by atoms with van der Waals surface area (Å²) in [6.07, 6.45) is 1.42. The van der Waals surface area contributed by atoms with Gasteiger partial charge in [-0.25, -0.2) is 9.37 Å². The van der Waals surface area contributed by atoms with E-state index in [1.54, 1.807) is 29.2 Å². The van der Waals surface area contributed by atoms with Gasteiger partial charge >= 0.3 is 0 Å². The Morgan fingerprint density at radius 2 is 1.86 bits per heavy atom. The number of aromatic nitrogens is 2. The molecule has 150 valence electrons. The molecular formula is C21H20BrFN4O2. The maximum absolute atomic E-state index is 13.8. The lowest BCUT2D eigenvalue weighted by atomic mass is 10.2. The van der Waals surface area contributed by atoms with Gasteiger partial charge in [0.2, 0.25) is 5.91 Å². The Kier molecular flexibility index (Phi) is 5.73. The third-order valence-corrected chi connectivity index (χ3v) is 5.66. The predicted molar refractivity (Wildman–Crippen MR) is 112 cm³/mol. The van der Waals surface area contributed by atoms with E-state index >= 15 is 0 Å². The van der Waals surface area contributed by atoms with E-state index in [9.17, 15) is 14.0 Å². The van der Waals surface area contributed by atoms with Crippen molar-refractivity contribution in [3.63, 3.8) is 0 Å². The van der Waals surface area contributed by atoms with E-state index in [4.69, 9.17) is 0 Å². The van der Waals surface area contributed by atoms with Crippen LogP contribution < -0.4 is 5.56 Å². The van der Waals surface area contributed by atoms with Gasteiger partial charge in [-0.2, -0.15) is 0 Å². The summed E-state index contributed by atoms with van der Waals surface area (Å²) < 4.78 is 16.0. The summed E-state index contributed by atoms with van der Waals surface area (Å²) in [5, 5.41) is 0.476. The van der Waals surface area contributed by atoms with E-state index < -0.39 is 0 Å². The number of benzene rings is 2. The van der Waals surface area contributed by atoms with Crippen molar-refractivity contribution in [1.29, 1.82) is 0 Å². The molecule has 1 amide bonds. The van der Waals surface area contributed by atoms with Crippen LogP contribution >= 0.6 is 15.9 Å². The monoisotopic (exact) mass is 458 g/mol. The minimum atomic E-state index is -0.233. The number of carbonyl (C=O) groups excluding carboxylic acids is 1. The van der Waals surface area contributed by atoms with Gasteiger partial charge in [-0.3, -0.25) is 19.1 Å². The summed E-state index contributed by atoms with van der Waals surface area (Å²) >= 11 is 3.36. The lowest BCUT2D eigenvalue weighted by Crippen LogP contribution is -2.49. The van der Waals surface area contributed by atoms with Gasteiger partial charge in [-0.15, -0.1) is 0 Å². The van der Waals surface area contributed by atoms with Crippen LogP contribution in [0.1, 0.15) is 5.56 Å². The van der Waals surface area contributed by atoms with Crippen LogP contribution in [0.4, 0.5) is 4.39 Å². The van der Waals surface area contributed by atoms with Crippen LogP contribution in [0.25, 0.3) is 10.9 Å². The molecule has 1 aromatic heterocycles. The lowest BCUT2D eigenvalue weighted by molar-refractivity contribution is -0.133. The number of hydrogen-bond acceptors (Lipinski definition) is 4. The molecule has 0 atom stereocenters. The number of fused-ring (bicyclic) bond motifs is 1. The Bertz CT molecular complexity index is 1110. The maximum atomic E-state index is 13.8. The molecule has 1 aliphatic rings. The van der Waals surface area contributed by atoms with Crippen molar-refractivity contribution in [3.05, 3.63) is 75.0 Å². The van der Waals surface area contributed by atoms with Gasteiger partial charge in [0.1, 0.15) is 12.4 Å². The fourth-order valence-corrected chi connectivity index (χ4v) is 3.87. The molecule has 6 nitrogen and oxygen atoms in total. The number of carbonyl (C=O) groups is 1. The average molecular weight is 459 g/mol. The molecule has 29 heavy (non-hydrogen) atoms. The van der Waals surface area contributed by atoms with E-state index in [-0.39, 0.29) is 23.8 Å². The van der Waals surface area contributed by atoms with Gasteiger partial charge in [-0.05, 0) is 24.3 Å². The first kappa shape index (κ1) is 19.7. The van der Waals surface area contributed by atoms with Gasteiger partial charge in [0.15, 0.2) is 0 Å². The third kappa shape index (κ3) is 4.38. The Morgan fingerprint density at radius 3 is 2.62 bits per heavy atom. The first-order chi connectivity index (χ1) is 14.0. The molecule has 8 heteroatoms. The van der Waals surface area contributed by atoms with Crippen LogP contribution in [0, 0.1) is 5.82 Å². The fourth-order valence-electron chi connectivity index (χ4n) is 3.51. The molecule has 0 spiro atoms. The number of nitrogens with zero attached hydrogens (tertiary/aromatic N) is 4. The van der Waals surface area contributed by atoms with Crippen molar-refractivity contribution in [1.82, 2.24) is 19.4 Å². The fraction of sp³-hybridized carbons (Fsp3) is 0.286. The standard InChI is InChI=1S/C21H20BrFN4O2/c22-16-5-6-19-17(11-16)21(29)27(14-24-19)13-20(28)26-9-7-25(8-10-26)12-15-3-1-2-4-18(15)23/h1-6,11,14H,7-10,12-13H2. The number of hydrogen-bond donors (Lipinski definition) is 0. The van der Waals surface area contributed by atoms with E-state index in [1.165, 1.54) is 17.0 Å². The molecule has 1 fully saturated rings. The third-order valence-electron chi connectivity index (χ3n) is 5.17. The number of rotatable bonds is 4. The highest BCUT2D eigenvalue weighted by atomic mass is 79.9. The highest BCUT2D eigenvalue weighted by Crippen LogP contribution is 2.15. The van der Waals surface area contributed by atoms with Crippen LogP contribution in [-0.4, -0.2) is 51.4 Å². The first-order valence-corrected chi connectivity index (χ1v) is 10.2. The smallest absolute Gasteiger partial charge is 0.261 e. The molecule has 0 bridgehead atoms. The minimum Gasteiger partial charge on any atom is -0.339 e. The molecule has 1 saturated heterocycles. The number of halogens is 2. The molecule has 4 rings (SSSR count). The molecule has 2 aromatic carbocycles. The van der Waals surface area contributed by atoms with Crippen LogP contribution in [0.2, 0.25) is 0 Å². The molecule has 3 aromatic rings. The van der Waals surface area contributed by atoms with Crippen LogP contribution in [-0.2, 0) is 17.9 Å². The molecule has 0 radical (unpaired) electrons. The Labute approximate surface area is 175 Å². The molecule has 0 saturated carbocycles. The highest BCUT2D eigenvalue weighted by molar-refractivity contribution is 9.10. The predicted octanol–water partition coefficient (Wildman–Crippen LogP) is 2.64. The second kappa shape index (κ2) is 8.42. The summed E-state index contributed by atoms with van der Waals surface area (Å²) in [5.41, 5.74) is 1.03. The van der Waals surface area contributed by atoms with Gasteiger partial charge < -0.3 is 4.90 Å². The summed E-state index contributed by atoms with van der Waals surface area (Å²) in [6.45, 7) is 2.91. The van der Waals surface area contributed by atoms with Crippen molar-refractivity contribution in [2.24, 2.45) is 0 Å². The summed E-state index contributed by atoms with van der Waals surface area (Å²) in [5.74, 6) is -0.324. The normalized spacial score (nSPS) is 15.0. The largest absolute Gasteiger partial charge is 0.339 e. The topological polar surface area (TPSA) is 58.4 Å². The van der Waals surface area contributed by atoms with Gasteiger partial charge in [0.05, 0.1) is 17.2 Å². The molecule has 0 aliphatic carbocycles. The van der Waals surface area contributed by atoms with Crippen molar-refractivity contribution < 1.29 is 9.18 Å². The summed E-state index contributed by atoms with van der Waals surface area (Å²) in [7, 11) is 0. The summed E-state index contributed by atoms with van der Waals surface area (Å²) in [6, 6.07) is 12.1. The number of piperazine rings is 1. The Morgan fingerprint density at radius 1 is 1.10 bits per heavy atom. The second-order valence-electron chi connectivity index (χ2n) is 7.09. The van der Waals surface area contributed by atoms with E-state index in [0.717, 1.165) is 4.47 Å². The number of amides is 1. The van der Waals surface area contributed by atoms with E-state index in [0.29, 0.717) is 49.2 Å². The van der Waals surface area contributed by atoms with Crippen molar-refractivity contribution in [2.75, 3.05) is 26.2 Å². The molecule has 0 unspecified atom stereocenters. The Balaban J connectivity index is 1.39. The molecule has 2 heterocycles. The molecular weight excluding hydrogens is 439 g/mol. The van der Waals surface area contributed by atoms with Crippen LogP contribution in [0.3, 0.4) is 0 Å². The Hall–Kier alpha value is -2.58. The van der Waals surface area contributed by atoms with Crippen molar-refractivity contribution in [3.8, 4) is 0 Å². The maximum Gasteiger partial charge on any atom is 0.261 e. The van der Waals surface area contributed by atoms with Gasteiger partial charge in [-0.1, -0.05) is 34.1 Å². The molecule has 0 N–H and O–H groups in total. The van der Waals surface area contributed by atoms with Crippen LogP contribution in [0.15, 0.2) is 58.1 Å².